The summed E-state index contributed by atoms with van der Waals surface area (Å²) in [5, 5.41) is 13.8. The van der Waals surface area contributed by atoms with Gasteiger partial charge in [0, 0.05) is 43.1 Å². The molecule has 1 aromatic carbocycles. The van der Waals surface area contributed by atoms with Crippen LogP contribution in [0.4, 0.5) is 11.5 Å². The molecule has 0 bridgehead atoms. The van der Waals surface area contributed by atoms with Crippen LogP contribution in [0.25, 0.3) is 10.9 Å². The van der Waals surface area contributed by atoms with Gasteiger partial charge in [-0.25, -0.2) is 4.98 Å². The van der Waals surface area contributed by atoms with Crippen molar-refractivity contribution in [2.45, 2.75) is 26.1 Å². The summed E-state index contributed by atoms with van der Waals surface area (Å²) in [6, 6.07) is 14.1. The molecule has 0 amide bonds. The Morgan fingerprint density at radius 3 is 2.89 bits per heavy atom. The molecule has 1 fully saturated rings. The monoisotopic (exact) mass is 373 g/mol. The molecule has 1 aliphatic rings. The molecular formula is C22H23N5O. The van der Waals surface area contributed by atoms with Crippen LogP contribution in [0.15, 0.2) is 48.8 Å². The predicted molar refractivity (Wildman–Crippen MR) is 110 cm³/mol. The second-order valence-corrected chi connectivity index (χ2v) is 7.22. The van der Waals surface area contributed by atoms with Crippen molar-refractivity contribution < 1.29 is 4.74 Å². The van der Waals surface area contributed by atoms with Gasteiger partial charge in [-0.2, -0.15) is 5.26 Å². The highest BCUT2D eigenvalue weighted by molar-refractivity contribution is 5.95. The summed E-state index contributed by atoms with van der Waals surface area (Å²) in [4.78, 5) is 11.2. The molecule has 6 heteroatoms. The molecule has 0 aliphatic carbocycles. The third-order valence-electron chi connectivity index (χ3n) is 4.96. The molecule has 3 heterocycles. The lowest BCUT2D eigenvalue weighted by Gasteiger charge is -2.38. The Balaban J connectivity index is 1.54. The highest BCUT2D eigenvalue weighted by Gasteiger charge is 2.26. The molecule has 1 N–H and O–H groups in total. The van der Waals surface area contributed by atoms with E-state index in [-0.39, 0.29) is 12.2 Å². The average molecular weight is 373 g/mol. The van der Waals surface area contributed by atoms with Gasteiger partial charge in [-0.05, 0) is 49.7 Å². The van der Waals surface area contributed by atoms with Gasteiger partial charge in [0.1, 0.15) is 11.9 Å². The summed E-state index contributed by atoms with van der Waals surface area (Å²) in [5.74, 6) is 0.854. The Bertz CT molecular complexity index is 1010. The van der Waals surface area contributed by atoms with E-state index in [0.29, 0.717) is 12.1 Å². The average Bonchev–Trinajstić information content (AvgIpc) is 2.72. The van der Waals surface area contributed by atoms with E-state index in [2.05, 4.69) is 33.2 Å². The molecule has 6 nitrogen and oxygen atoms in total. The minimum Gasteiger partial charge on any atom is -0.370 e. The van der Waals surface area contributed by atoms with Gasteiger partial charge in [0.15, 0.2) is 0 Å². The maximum Gasteiger partial charge on any atom is 0.125 e. The molecular weight excluding hydrogens is 350 g/mol. The Hall–Kier alpha value is -3.17. The molecule has 0 spiro atoms. The van der Waals surface area contributed by atoms with Crippen molar-refractivity contribution in [2.75, 3.05) is 29.9 Å². The number of hydrogen-bond acceptors (Lipinski definition) is 6. The largest absolute Gasteiger partial charge is 0.370 e. The van der Waals surface area contributed by atoms with E-state index < -0.39 is 0 Å². The first-order valence-corrected chi connectivity index (χ1v) is 9.49. The lowest BCUT2D eigenvalue weighted by atomic mass is 10.1. The highest BCUT2D eigenvalue weighted by Crippen LogP contribution is 2.30. The number of aromatic nitrogens is 2. The molecule has 142 valence electrons. The smallest absolute Gasteiger partial charge is 0.125 e. The van der Waals surface area contributed by atoms with Crippen molar-refractivity contribution in [1.82, 2.24) is 9.97 Å². The van der Waals surface area contributed by atoms with Crippen molar-refractivity contribution in [3.8, 4) is 6.07 Å². The molecule has 1 aliphatic heterocycles. The minimum atomic E-state index is 0.0363. The fourth-order valence-corrected chi connectivity index (χ4v) is 3.67. The van der Waals surface area contributed by atoms with Gasteiger partial charge in [0.2, 0.25) is 0 Å². The summed E-state index contributed by atoms with van der Waals surface area (Å²) in [6.07, 6.45) is 3.73. The van der Waals surface area contributed by atoms with Crippen molar-refractivity contribution in [2.24, 2.45) is 0 Å². The highest BCUT2D eigenvalue weighted by atomic mass is 16.5. The summed E-state index contributed by atoms with van der Waals surface area (Å²) >= 11 is 0. The fourth-order valence-electron chi connectivity index (χ4n) is 3.67. The molecule has 4 rings (SSSR count). The lowest BCUT2D eigenvalue weighted by molar-refractivity contribution is -0.00823. The Morgan fingerprint density at radius 1 is 1.21 bits per heavy atom. The number of nitrogens with one attached hydrogen (secondary N) is 1. The van der Waals surface area contributed by atoms with Gasteiger partial charge in [-0.15, -0.1) is 0 Å². The van der Waals surface area contributed by atoms with Crippen molar-refractivity contribution in [3.63, 3.8) is 0 Å². The molecule has 1 saturated heterocycles. The normalized spacial score (nSPS) is 19.4. The second kappa shape index (κ2) is 7.83. The molecule has 3 aromatic rings. The number of anilines is 2. The van der Waals surface area contributed by atoms with Crippen LogP contribution in [-0.4, -0.2) is 41.8 Å². The fraction of sp³-hybridized carbons (Fsp3) is 0.318. The van der Waals surface area contributed by atoms with E-state index in [0.717, 1.165) is 41.1 Å². The number of benzene rings is 1. The van der Waals surface area contributed by atoms with Crippen molar-refractivity contribution in [1.29, 1.82) is 5.26 Å². The van der Waals surface area contributed by atoms with Crippen LogP contribution in [0.3, 0.4) is 0 Å². The Labute approximate surface area is 164 Å². The van der Waals surface area contributed by atoms with Gasteiger partial charge >= 0.3 is 0 Å². The van der Waals surface area contributed by atoms with E-state index in [1.165, 1.54) is 0 Å². The van der Waals surface area contributed by atoms with Gasteiger partial charge < -0.3 is 15.0 Å². The molecule has 0 radical (unpaired) electrons. The van der Waals surface area contributed by atoms with Crippen molar-refractivity contribution >= 4 is 22.4 Å². The zero-order valence-electron chi connectivity index (χ0n) is 16.1. The standard InChI is InChI=1S/C22H23N5O/c1-15-5-8-21(25-11-15)26-12-18-14-27(13-16(2)28-18)20-7-6-17(10-23)22-19(20)4-3-9-24-22/h3-9,11,16,18H,12-14H2,1-2H3,(H,25,26)/t16-,18+/m1/s1. The van der Waals surface area contributed by atoms with E-state index in [9.17, 15) is 5.26 Å². The van der Waals surface area contributed by atoms with Crippen LogP contribution in [0.1, 0.15) is 18.1 Å². The van der Waals surface area contributed by atoms with Crippen LogP contribution in [0.5, 0.6) is 0 Å². The number of fused-ring (bicyclic) bond motifs is 1. The molecule has 28 heavy (non-hydrogen) atoms. The van der Waals surface area contributed by atoms with E-state index in [1.807, 2.05) is 49.5 Å². The van der Waals surface area contributed by atoms with E-state index in [1.54, 1.807) is 6.20 Å². The number of aryl methyl sites for hydroxylation is 1. The molecule has 0 unspecified atom stereocenters. The summed E-state index contributed by atoms with van der Waals surface area (Å²) < 4.78 is 6.14. The number of nitriles is 1. The van der Waals surface area contributed by atoms with Gasteiger partial charge in [-0.1, -0.05) is 6.07 Å². The van der Waals surface area contributed by atoms with Gasteiger partial charge in [0.25, 0.3) is 0 Å². The summed E-state index contributed by atoms with van der Waals surface area (Å²) in [7, 11) is 0. The number of rotatable bonds is 4. The number of morpholine rings is 1. The van der Waals surface area contributed by atoms with Crippen LogP contribution >= 0.6 is 0 Å². The molecule has 2 aromatic heterocycles. The van der Waals surface area contributed by atoms with E-state index >= 15 is 0 Å². The summed E-state index contributed by atoms with van der Waals surface area (Å²) in [6.45, 7) is 6.36. The number of pyridine rings is 2. The number of ether oxygens (including phenoxy) is 1. The molecule has 0 saturated carbocycles. The second-order valence-electron chi connectivity index (χ2n) is 7.22. The first-order chi connectivity index (χ1) is 13.6. The quantitative estimate of drug-likeness (QED) is 0.754. The van der Waals surface area contributed by atoms with Crippen LogP contribution < -0.4 is 10.2 Å². The number of hydrogen-bond donors (Lipinski definition) is 1. The third-order valence-corrected chi connectivity index (χ3v) is 4.96. The van der Waals surface area contributed by atoms with Gasteiger partial charge in [0.05, 0.1) is 23.3 Å². The van der Waals surface area contributed by atoms with Crippen LogP contribution in [0, 0.1) is 18.3 Å². The SMILES string of the molecule is Cc1ccc(NC[C@H]2CN(c3ccc(C#N)c4ncccc34)C[C@@H](C)O2)nc1. The zero-order chi connectivity index (χ0) is 19.5. The predicted octanol–water partition coefficient (Wildman–Crippen LogP) is 3.52. The third kappa shape index (κ3) is 3.75. The van der Waals surface area contributed by atoms with Gasteiger partial charge in [-0.3, -0.25) is 4.98 Å². The minimum absolute atomic E-state index is 0.0363. The first kappa shape index (κ1) is 18.2. The van der Waals surface area contributed by atoms with Crippen molar-refractivity contribution in [3.05, 3.63) is 59.9 Å². The first-order valence-electron chi connectivity index (χ1n) is 9.49. The maximum atomic E-state index is 9.38. The Morgan fingerprint density at radius 2 is 2.11 bits per heavy atom. The topological polar surface area (TPSA) is 74.1 Å². The summed E-state index contributed by atoms with van der Waals surface area (Å²) in [5.41, 5.74) is 3.58. The zero-order valence-corrected chi connectivity index (χ0v) is 16.1. The van der Waals surface area contributed by atoms with Crippen LogP contribution in [0.2, 0.25) is 0 Å². The van der Waals surface area contributed by atoms with E-state index in [4.69, 9.17) is 4.74 Å². The maximum absolute atomic E-state index is 9.38. The number of nitrogens with zero attached hydrogens (tertiary/aromatic N) is 4. The Kier molecular flexibility index (Phi) is 5.09. The van der Waals surface area contributed by atoms with Crippen LogP contribution in [-0.2, 0) is 4.74 Å². The lowest BCUT2D eigenvalue weighted by Crippen LogP contribution is -2.49. The molecule has 2 atom stereocenters.